The summed E-state index contributed by atoms with van der Waals surface area (Å²) in [6, 6.07) is 27.1. The molecule has 4 aromatic carbocycles. The predicted molar refractivity (Wildman–Crippen MR) is 145 cm³/mol. The van der Waals surface area contributed by atoms with E-state index in [1.54, 1.807) is 24.3 Å². The van der Waals surface area contributed by atoms with Crippen LogP contribution in [0.5, 0.6) is 0 Å². The molecule has 4 aromatic rings. The number of amides is 1. The van der Waals surface area contributed by atoms with Crippen LogP contribution in [0.2, 0.25) is 5.02 Å². The number of rotatable bonds is 3. The first-order valence-corrected chi connectivity index (χ1v) is 12.2. The maximum absolute atomic E-state index is 13.6. The summed E-state index contributed by atoms with van der Waals surface area (Å²) in [5, 5.41) is 13.6. The fourth-order valence-electron chi connectivity index (χ4n) is 4.77. The van der Waals surface area contributed by atoms with Gasteiger partial charge in [-0.3, -0.25) is 14.5 Å². The monoisotopic (exact) mass is 495 g/mol. The van der Waals surface area contributed by atoms with Crippen molar-refractivity contribution in [1.29, 1.82) is 0 Å². The molecule has 1 fully saturated rings. The SMILES string of the molecule is CC(C)(C)c1ccc(C2/C(=C(\O)c3cccc(Cl)c3)C(=O)C(=O)N2c2cccc3ccccc23)cc1. The van der Waals surface area contributed by atoms with E-state index >= 15 is 0 Å². The summed E-state index contributed by atoms with van der Waals surface area (Å²) in [5.74, 6) is -1.66. The van der Waals surface area contributed by atoms with Crippen molar-refractivity contribution in [1.82, 2.24) is 0 Å². The zero-order valence-electron chi connectivity index (χ0n) is 20.3. The number of ketones is 1. The lowest BCUT2D eigenvalue weighted by Crippen LogP contribution is -2.29. The minimum absolute atomic E-state index is 0.0405. The van der Waals surface area contributed by atoms with E-state index in [0.717, 1.165) is 21.9 Å². The highest BCUT2D eigenvalue weighted by Crippen LogP contribution is 2.44. The molecule has 1 atom stereocenters. The topological polar surface area (TPSA) is 57.6 Å². The van der Waals surface area contributed by atoms with Gasteiger partial charge in [0.15, 0.2) is 0 Å². The molecule has 0 aliphatic carbocycles. The zero-order chi connectivity index (χ0) is 25.6. The molecule has 1 saturated heterocycles. The van der Waals surface area contributed by atoms with E-state index in [-0.39, 0.29) is 16.7 Å². The molecule has 0 aromatic heterocycles. The van der Waals surface area contributed by atoms with E-state index in [4.69, 9.17) is 11.6 Å². The summed E-state index contributed by atoms with van der Waals surface area (Å²) in [4.78, 5) is 28.6. The molecule has 5 heteroatoms. The normalized spacial score (nSPS) is 17.7. The number of carbonyl (C=O) groups excluding carboxylic acids is 2. The van der Waals surface area contributed by atoms with Crippen LogP contribution in [0.3, 0.4) is 0 Å². The molecule has 4 nitrogen and oxygen atoms in total. The number of aliphatic hydroxyl groups is 1. The third-order valence-electron chi connectivity index (χ3n) is 6.66. The van der Waals surface area contributed by atoms with E-state index in [1.807, 2.05) is 66.7 Å². The Labute approximate surface area is 215 Å². The second kappa shape index (κ2) is 8.96. The average molecular weight is 496 g/mol. The molecule has 1 aliphatic heterocycles. The highest BCUT2D eigenvalue weighted by molar-refractivity contribution is 6.52. The van der Waals surface area contributed by atoms with Crippen LogP contribution in [0.1, 0.15) is 43.5 Å². The van der Waals surface area contributed by atoms with E-state index in [1.165, 1.54) is 4.90 Å². The van der Waals surface area contributed by atoms with Crippen molar-refractivity contribution in [2.45, 2.75) is 32.2 Å². The molecule has 0 bridgehead atoms. The number of Topliss-reactive ketones (excluding diaryl/α,β-unsaturated/α-hetero) is 1. The quantitative estimate of drug-likeness (QED) is 0.183. The largest absolute Gasteiger partial charge is 0.507 e. The van der Waals surface area contributed by atoms with Crippen LogP contribution in [0, 0.1) is 0 Å². The predicted octanol–water partition coefficient (Wildman–Crippen LogP) is 7.42. The molecule has 1 N–H and O–H groups in total. The minimum atomic E-state index is -0.802. The van der Waals surface area contributed by atoms with Gasteiger partial charge in [-0.2, -0.15) is 0 Å². The summed E-state index contributed by atoms with van der Waals surface area (Å²) in [7, 11) is 0. The van der Waals surface area contributed by atoms with Gasteiger partial charge in [-0.1, -0.05) is 105 Å². The van der Waals surface area contributed by atoms with Crippen LogP contribution in [0.15, 0.2) is 96.6 Å². The van der Waals surface area contributed by atoms with Gasteiger partial charge < -0.3 is 5.11 Å². The van der Waals surface area contributed by atoms with Crippen LogP contribution in [0.4, 0.5) is 5.69 Å². The maximum atomic E-state index is 13.6. The van der Waals surface area contributed by atoms with Crippen molar-refractivity contribution in [3.05, 3.63) is 118 Å². The number of hydrogen-bond donors (Lipinski definition) is 1. The Balaban J connectivity index is 1.77. The highest BCUT2D eigenvalue weighted by Gasteiger charge is 2.47. The van der Waals surface area contributed by atoms with E-state index in [0.29, 0.717) is 16.3 Å². The third-order valence-corrected chi connectivity index (χ3v) is 6.90. The van der Waals surface area contributed by atoms with Gasteiger partial charge in [-0.15, -0.1) is 0 Å². The van der Waals surface area contributed by atoms with Crippen LogP contribution in [0.25, 0.3) is 16.5 Å². The first-order valence-electron chi connectivity index (χ1n) is 11.8. The molecule has 1 amide bonds. The highest BCUT2D eigenvalue weighted by atomic mass is 35.5. The number of hydrogen-bond acceptors (Lipinski definition) is 3. The van der Waals surface area contributed by atoms with Crippen LogP contribution < -0.4 is 4.90 Å². The van der Waals surface area contributed by atoms with Gasteiger partial charge in [-0.25, -0.2) is 0 Å². The summed E-state index contributed by atoms with van der Waals surface area (Å²) in [6.07, 6.45) is 0. The molecule has 180 valence electrons. The lowest BCUT2D eigenvalue weighted by Gasteiger charge is -2.27. The fourth-order valence-corrected chi connectivity index (χ4v) is 4.96. The molecular formula is C31H26ClNO3. The summed E-state index contributed by atoms with van der Waals surface area (Å²) >= 11 is 6.17. The fraction of sp³-hybridized carbons (Fsp3) is 0.161. The van der Waals surface area contributed by atoms with Gasteiger partial charge in [0.05, 0.1) is 17.3 Å². The second-order valence-electron chi connectivity index (χ2n) is 10.0. The number of anilines is 1. The average Bonchev–Trinajstić information content (AvgIpc) is 3.13. The zero-order valence-corrected chi connectivity index (χ0v) is 21.1. The Kier molecular flexibility index (Phi) is 5.93. The lowest BCUT2D eigenvalue weighted by molar-refractivity contribution is -0.132. The maximum Gasteiger partial charge on any atom is 0.300 e. The van der Waals surface area contributed by atoms with Crippen molar-refractivity contribution in [2.24, 2.45) is 0 Å². The van der Waals surface area contributed by atoms with Crippen molar-refractivity contribution >= 4 is 45.5 Å². The summed E-state index contributed by atoms with van der Waals surface area (Å²) in [6.45, 7) is 6.38. The van der Waals surface area contributed by atoms with Gasteiger partial charge in [0.2, 0.25) is 0 Å². The van der Waals surface area contributed by atoms with Crippen LogP contribution >= 0.6 is 11.6 Å². The standard InChI is InChI=1S/C31H26ClNO3/c1-31(2,3)22-16-14-20(15-17-22)27-26(28(34)21-10-6-11-23(32)18-21)29(35)30(36)33(27)25-13-7-9-19-8-4-5-12-24(19)25/h4-18,27,34H,1-3H3/b28-26+. The Morgan fingerprint density at radius 3 is 2.22 bits per heavy atom. The molecule has 1 unspecified atom stereocenters. The summed E-state index contributed by atoms with van der Waals surface area (Å²) in [5.41, 5.74) is 2.84. The van der Waals surface area contributed by atoms with Crippen molar-refractivity contribution in [3.63, 3.8) is 0 Å². The number of aliphatic hydroxyl groups excluding tert-OH is 1. The van der Waals surface area contributed by atoms with Gasteiger partial charge >= 0.3 is 0 Å². The molecule has 1 heterocycles. The number of fused-ring (bicyclic) bond motifs is 1. The van der Waals surface area contributed by atoms with Gasteiger partial charge in [0.25, 0.3) is 11.7 Å². The molecule has 0 saturated carbocycles. The molecule has 0 radical (unpaired) electrons. The first kappa shape index (κ1) is 23.8. The number of carbonyl (C=O) groups is 2. The Morgan fingerprint density at radius 1 is 0.861 bits per heavy atom. The minimum Gasteiger partial charge on any atom is -0.507 e. The lowest BCUT2D eigenvalue weighted by atomic mass is 9.85. The smallest absolute Gasteiger partial charge is 0.300 e. The van der Waals surface area contributed by atoms with Crippen LogP contribution in [-0.2, 0) is 15.0 Å². The molecule has 36 heavy (non-hydrogen) atoms. The summed E-state index contributed by atoms with van der Waals surface area (Å²) < 4.78 is 0. The van der Waals surface area contributed by atoms with E-state index < -0.39 is 17.7 Å². The number of benzene rings is 4. The Bertz CT molecular complexity index is 1520. The molecule has 1 aliphatic rings. The van der Waals surface area contributed by atoms with Gasteiger partial charge in [0, 0.05) is 16.0 Å². The van der Waals surface area contributed by atoms with E-state index in [9.17, 15) is 14.7 Å². The first-order chi connectivity index (χ1) is 17.2. The van der Waals surface area contributed by atoms with Gasteiger partial charge in [0.1, 0.15) is 5.76 Å². The Morgan fingerprint density at radius 2 is 1.53 bits per heavy atom. The van der Waals surface area contributed by atoms with E-state index in [2.05, 4.69) is 20.8 Å². The van der Waals surface area contributed by atoms with Crippen molar-refractivity contribution in [3.8, 4) is 0 Å². The molecule has 0 spiro atoms. The van der Waals surface area contributed by atoms with Gasteiger partial charge in [-0.05, 0) is 40.1 Å². The van der Waals surface area contributed by atoms with Crippen molar-refractivity contribution in [2.75, 3.05) is 4.90 Å². The number of nitrogens with zero attached hydrogens (tertiary/aromatic N) is 1. The Hall–Kier alpha value is -3.89. The second-order valence-corrected chi connectivity index (χ2v) is 10.5. The number of halogens is 1. The van der Waals surface area contributed by atoms with Crippen LogP contribution in [-0.4, -0.2) is 16.8 Å². The third kappa shape index (κ3) is 4.08. The molecular weight excluding hydrogens is 470 g/mol. The van der Waals surface area contributed by atoms with Crippen molar-refractivity contribution < 1.29 is 14.7 Å². The molecule has 5 rings (SSSR count).